The van der Waals surface area contributed by atoms with Crippen LogP contribution in [0.4, 0.5) is 0 Å². The average molecular weight is 304 g/mol. The van der Waals surface area contributed by atoms with Crippen molar-refractivity contribution in [3.05, 3.63) is 52.6 Å². The van der Waals surface area contributed by atoms with Gasteiger partial charge < -0.3 is 4.90 Å². The van der Waals surface area contributed by atoms with Gasteiger partial charge in [0.05, 0.1) is 0 Å². The van der Waals surface area contributed by atoms with Gasteiger partial charge in [-0.3, -0.25) is 4.79 Å². The molecule has 0 unspecified atom stereocenters. The summed E-state index contributed by atoms with van der Waals surface area (Å²) in [6, 6.07) is 7.73. The Hall–Kier alpha value is -1.54. The third kappa shape index (κ3) is 5.05. The first-order valence-corrected chi connectivity index (χ1v) is 8.00. The highest BCUT2D eigenvalue weighted by Crippen LogP contribution is 2.15. The van der Waals surface area contributed by atoms with Crippen molar-refractivity contribution in [3.63, 3.8) is 0 Å². The van der Waals surface area contributed by atoms with Gasteiger partial charge in [0.2, 0.25) is 5.91 Å². The van der Waals surface area contributed by atoms with E-state index >= 15 is 0 Å². The lowest BCUT2D eigenvalue weighted by molar-refractivity contribution is -0.126. The highest BCUT2D eigenvalue weighted by Gasteiger charge is 2.13. The molecule has 1 aromatic rings. The van der Waals surface area contributed by atoms with Crippen molar-refractivity contribution in [2.24, 2.45) is 0 Å². The van der Waals surface area contributed by atoms with Gasteiger partial charge in [0.15, 0.2) is 0 Å². The highest BCUT2D eigenvalue weighted by atomic mass is 35.5. The largest absolute Gasteiger partial charge is 0.339 e. The second-order valence-electron chi connectivity index (χ2n) is 5.34. The zero-order valence-corrected chi connectivity index (χ0v) is 13.3. The van der Waals surface area contributed by atoms with Crippen molar-refractivity contribution >= 4 is 23.6 Å². The van der Waals surface area contributed by atoms with Crippen LogP contribution in [0.5, 0.6) is 0 Å². The van der Waals surface area contributed by atoms with Crippen LogP contribution in [0.25, 0.3) is 6.08 Å². The number of hydrogen-bond donors (Lipinski definition) is 0. The number of carbonyl (C=O) groups excluding carboxylic acids is 1. The summed E-state index contributed by atoms with van der Waals surface area (Å²) in [5.41, 5.74) is 2.24. The van der Waals surface area contributed by atoms with Gasteiger partial charge in [0.25, 0.3) is 0 Å². The SMILES string of the molecule is CCC(/C=C/C(=O)N1CCCCC1)=C\c1ccc(Cl)cc1. The average Bonchev–Trinajstić information content (AvgIpc) is 2.53. The monoisotopic (exact) mass is 303 g/mol. The summed E-state index contributed by atoms with van der Waals surface area (Å²) in [6.45, 7) is 3.88. The van der Waals surface area contributed by atoms with E-state index in [1.165, 1.54) is 6.42 Å². The van der Waals surface area contributed by atoms with Crippen molar-refractivity contribution in [3.8, 4) is 0 Å². The van der Waals surface area contributed by atoms with Crippen molar-refractivity contribution in [2.75, 3.05) is 13.1 Å². The first kappa shape index (κ1) is 15.8. The van der Waals surface area contributed by atoms with E-state index in [2.05, 4.69) is 13.0 Å². The molecule has 1 aliphatic rings. The van der Waals surface area contributed by atoms with E-state index in [4.69, 9.17) is 11.6 Å². The minimum absolute atomic E-state index is 0.130. The smallest absolute Gasteiger partial charge is 0.246 e. The Labute approximate surface area is 132 Å². The number of rotatable bonds is 4. The fraction of sp³-hybridized carbons (Fsp3) is 0.389. The van der Waals surface area contributed by atoms with E-state index in [1.54, 1.807) is 6.08 Å². The number of nitrogens with zero attached hydrogens (tertiary/aromatic N) is 1. The maximum atomic E-state index is 12.1. The summed E-state index contributed by atoms with van der Waals surface area (Å²) in [4.78, 5) is 14.1. The van der Waals surface area contributed by atoms with Gasteiger partial charge in [0.1, 0.15) is 0 Å². The lowest BCUT2D eigenvalue weighted by Gasteiger charge is -2.25. The number of piperidine rings is 1. The molecule has 112 valence electrons. The fourth-order valence-corrected chi connectivity index (χ4v) is 2.57. The molecule has 21 heavy (non-hydrogen) atoms. The molecule has 1 heterocycles. The van der Waals surface area contributed by atoms with Crippen LogP contribution in [0.3, 0.4) is 0 Å². The van der Waals surface area contributed by atoms with Gasteiger partial charge in [-0.15, -0.1) is 0 Å². The Morgan fingerprint density at radius 1 is 1.14 bits per heavy atom. The molecule has 0 radical (unpaired) electrons. The van der Waals surface area contributed by atoms with Crippen LogP contribution in [-0.4, -0.2) is 23.9 Å². The molecular formula is C18H22ClNO. The Morgan fingerprint density at radius 2 is 1.81 bits per heavy atom. The molecule has 1 saturated heterocycles. The molecular weight excluding hydrogens is 282 g/mol. The summed E-state index contributed by atoms with van der Waals surface area (Å²) in [6.07, 6.45) is 10.1. The quantitative estimate of drug-likeness (QED) is 0.583. The number of halogens is 1. The molecule has 0 bridgehead atoms. The van der Waals surface area contributed by atoms with Crippen molar-refractivity contribution < 1.29 is 4.79 Å². The number of carbonyl (C=O) groups is 1. The molecule has 0 atom stereocenters. The lowest BCUT2D eigenvalue weighted by Crippen LogP contribution is -2.34. The summed E-state index contributed by atoms with van der Waals surface area (Å²) in [5, 5.41) is 0.737. The zero-order chi connectivity index (χ0) is 15.1. The predicted molar refractivity (Wildman–Crippen MR) is 89.3 cm³/mol. The molecule has 0 aliphatic carbocycles. The van der Waals surface area contributed by atoms with Gasteiger partial charge in [-0.2, -0.15) is 0 Å². The Kier molecular flexibility index (Phi) is 6.06. The summed E-state index contributed by atoms with van der Waals surface area (Å²) in [7, 11) is 0. The second-order valence-corrected chi connectivity index (χ2v) is 5.78. The van der Waals surface area contributed by atoms with E-state index in [-0.39, 0.29) is 5.91 Å². The standard InChI is InChI=1S/C18H22ClNO/c1-2-15(14-16-6-9-17(19)10-7-16)8-11-18(21)20-12-4-3-5-13-20/h6-11,14H,2-5,12-13H2,1H3/b11-8+,15-14+. The number of hydrogen-bond acceptors (Lipinski definition) is 1. The Balaban J connectivity index is 2.02. The predicted octanol–water partition coefficient (Wildman–Crippen LogP) is 4.70. The van der Waals surface area contributed by atoms with Crippen LogP contribution < -0.4 is 0 Å². The topological polar surface area (TPSA) is 20.3 Å². The summed E-state index contributed by atoms with van der Waals surface area (Å²) >= 11 is 5.89. The van der Waals surface area contributed by atoms with E-state index in [0.717, 1.165) is 48.5 Å². The van der Waals surface area contributed by atoms with Crippen molar-refractivity contribution in [1.29, 1.82) is 0 Å². The highest BCUT2D eigenvalue weighted by molar-refractivity contribution is 6.30. The fourth-order valence-electron chi connectivity index (χ4n) is 2.44. The number of likely N-dealkylation sites (tertiary alicyclic amines) is 1. The van der Waals surface area contributed by atoms with Gasteiger partial charge in [0, 0.05) is 24.2 Å². The molecule has 1 fully saturated rings. The van der Waals surface area contributed by atoms with Crippen LogP contribution in [-0.2, 0) is 4.79 Å². The van der Waals surface area contributed by atoms with Crippen LogP contribution in [0.2, 0.25) is 5.02 Å². The molecule has 2 rings (SSSR count). The first-order chi connectivity index (χ1) is 10.2. The van der Waals surface area contributed by atoms with Crippen LogP contribution in [0, 0.1) is 0 Å². The van der Waals surface area contributed by atoms with E-state index in [1.807, 2.05) is 35.2 Å². The molecule has 0 aromatic heterocycles. The maximum absolute atomic E-state index is 12.1. The van der Waals surface area contributed by atoms with Gasteiger partial charge >= 0.3 is 0 Å². The zero-order valence-electron chi connectivity index (χ0n) is 12.5. The van der Waals surface area contributed by atoms with E-state index in [9.17, 15) is 4.79 Å². The molecule has 1 aromatic carbocycles. The van der Waals surface area contributed by atoms with E-state index in [0.29, 0.717) is 0 Å². The van der Waals surface area contributed by atoms with Crippen LogP contribution in [0.15, 0.2) is 42.0 Å². The molecule has 1 amide bonds. The minimum atomic E-state index is 0.130. The molecule has 1 aliphatic heterocycles. The third-order valence-electron chi connectivity index (χ3n) is 3.74. The van der Waals surface area contributed by atoms with Crippen molar-refractivity contribution in [2.45, 2.75) is 32.6 Å². The molecule has 3 heteroatoms. The van der Waals surface area contributed by atoms with Gasteiger partial charge in [-0.1, -0.05) is 42.8 Å². The third-order valence-corrected chi connectivity index (χ3v) is 3.99. The number of allylic oxidation sites excluding steroid dienone is 2. The molecule has 0 spiro atoms. The normalized spacial score (nSPS) is 16.5. The summed E-state index contributed by atoms with van der Waals surface area (Å²) < 4.78 is 0. The van der Waals surface area contributed by atoms with Crippen molar-refractivity contribution in [1.82, 2.24) is 4.90 Å². The van der Waals surface area contributed by atoms with Crippen LogP contribution >= 0.6 is 11.6 Å². The Morgan fingerprint density at radius 3 is 2.43 bits per heavy atom. The maximum Gasteiger partial charge on any atom is 0.246 e. The first-order valence-electron chi connectivity index (χ1n) is 7.62. The summed E-state index contributed by atoms with van der Waals surface area (Å²) in [5.74, 6) is 0.130. The van der Waals surface area contributed by atoms with Gasteiger partial charge in [-0.05, 0) is 49.0 Å². The molecule has 0 N–H and O–H groups in total. The lowest BCUT2D eigenvalue weighted by atomic mass is 10.1. The number of amides is 1. The van der Waals surface area contributed by atoms with E-state index < -0.39 is 0 Å². The van der Waals surface area contributed by atoms with Gasteiger partial charge in [-0.25, -0.2) is 0 Å². The molecule has 0 saturated carbocycles. The van der Waals surface area contributed by atoms with Crippen LogP contribution in [0.1, 0.15) is 38.2 Å². The Bertz CT molecular complexity index is 525. The minimum Gasteiger partial charge on any atom is -0.339 e. The molecule has 2 nitrogen and oxygen atoms in total. The number of benzene rings is 1. The second kappa shape index (κ2) is 8.04.